The van der Waals surface area contributed by atoms with Crippen LogP contribution in [-0.2, 0) is 6.54 Å². The molecule has 0 saturated heterocycles. The first kappa shape index (κ1) is 14.7. The highest BCUT2D eigenvalue weighted by Gasteiger charge is 2.08. The molecule has 1 rings (SSSR count). The third-order valence-electron chi connectivity index (χ3n) is 3.13. The predicted molar refractivity (Wildman–Crippen MR) is 73.6 cm³/mol. The molecule has 0 fully saturated rings. The fourth-order valence-corrected chi connectivity index (χ4v) is 1.67. The Kier molecular flexibility index (Phi) is 5.84. The van der Waals surface area contributed by atoms with Crippen LogP contribution in [0.25, 0.3) is 0 Å². The van der Waals surface area contributed by atoms with E-state index in [2.05, 4.69) is 37.6 Å². The average Bonchev–Trinajstić information content (AvgIpc) is 2.38. The SMILES string of the molecule is CCC(C)N(C)Cc1ccc(F)c(C#CCN)c1. The number of rotatable bonds is 4. The standard InChI is InChI=1S/C15H21FN2/c1-4-12(2)18(3)11-13-7-8-15(16)14(10-13)6-5-9-17/h7-8,10,12H,4,9,11,17H2,1-3H3. The van der Waals surface area contributed by atoms with Crippen LogP contribution in [0.4, 0.5) is 4.39 Å². The summed E-state index contributed by atoms with van der Waals surface area (Å²) in [6.45, 7) is 5.38. The second-order valence-corrected chi connectivity index (χ2v) is 4.49. The van der Waals surface area contributed by atoms with E-state index in [4.69, 9.17) is 5.73 Å². The van der Waals surface area contributed by atoms with Gasteiger partial charge >= 0.3 is 0 Å². The summed E-state index contributed by atoms with van der Waals surface area (Å²) in [7, 11) is 2.07. The van der Waals surface area contributed by atoms with Crippen molar-refractivity contribution in [1.29, 1.82) is 0 Å². The van der Waals surface area contributed by atoms with Gasteiger partial charge in [0.05, 0.1) is 12.1 Å². The van der Waals surface area contributed by atoms with Gasteiger partial charge in [0.25, 0.3) is 0 Å². The summed E-state index contributed by atoms with van der Waals surface area (Å²) in [6, 6.07) is 5.59. The summed E-state index contributed by atoms with van der Waals surface area (Å²) in [5.74, 6) is 5.16. The Morgan fingerprint density at radius 2 is 2.17 bits per heavy atom. The van der Waals surface area contributed by atoms with Crippen molar-refractivity contribution < 1.29 is 4.39 Å². The number of hydrogen-bond donors (Lipinski definition) is 1. The van der Waals surface area contributed by atoms with Gasteiger partial charge in [0, 0.05) is 12.6 Å². The second kappa shape index (κ2) is 7.15. The Bertz CT molecular complexity index is 446. The highest BCUT2D eigenvalue weighted by atomic mass is 19.1. The highest BCUT2D eigenvalue weighted by Crippen LogP contribution is 2.13. The zero-order valence-electron chi connectivity index (χ0n) is 11.3. The van der Waals surface area contributed by atoms with E-state index in [-0.39, 0.29) is 12.4 Å². The minimum Gasteiger partial charge on any atom is -0.320 e. The van der Waals surface area contributed by atoms with Gasteiger partial charge in [-0.25, -0.2) is 4.39 Å². The molecule has 1 aromatic carbocycles. The molecule has 2 N–H and O–H groups in total. The molecule has 1 atom stereocenters. The monoisotopic (exact) mass is 248 g/mol. The molecule has 0 saturated carbocycles. The van der Waals surface area contributed by atoms with E-state index in [1.807, 2.05) is 6.07 Å². The molecule has 0 heterocycles. The molecule has 1 aromatic rings. The zero-order chi connectivity index (χ0) is 13.5. The summed E-state index contributed by atoms with van der Waals surface area (Å²) in [5, 5.41) is 0. The molecular formula is C15H21FN2. The van der Waals surface area contributed by atoms with E-state index in [1.54, 1.807) is 6.07 Å². The average molecular weight is 248 g/mol. The minimum atomic E-state index is -0.286. The van der Waals surface area contributed by atoms with Crippen LogP contribution in [0.3, 0.4) is 0 Å². The fraction of sp³-hybridized carbons (Fsp3) is 0.467. The Morgan fingerprint density at radius 3 is 2.78 bits per heavy atom. The molecule has 0 aliphatic carbocycles. The maximum atomic E-state index is 13.5. The Hall–Kier alpha value is -1.37. The third kappa shape index (κ3) is 4.14. The molecule has 1 unspecified atom stereocenters. The molecule has 18 heavy (non-hydrogen) atoms. The van der Waals surface area contributed by atoms with Crippen molar-refractivity contribution in [2.24, 2.45) is 5.73 Å². The number of nitrogens with two attached hydrogens (primary N) is 1. The summed E-state index contributed by atoms with van der Waals surface area (Å²) < 4.78 is 13.5. The van der Waals surface area contributed by atoms with E-state index in [9.17, 15) is 4.39 Å². The van der Waals surface area contributed by atoms with Crippen LogP contribution in [0.2, 0.25) is 0 Å². The summed E-state index contributed by atoms with van der Waals surface area (Å²) >= 11 is 0. The number of benzene rings is 1. The molecule has 3 heteroatoms. The minimum absolute atomic E-state index is 0.246. The second-order valence-electron chi connectivity index (χ2n) is 4.49. The Balaban J connectivity index is 2.85. The highest BCUT2D eigenvalue weighted by molar-refractivity contribution is 5.38. The van der Waals surface area contributed by atoms with Gasteiger partial charge in [0.1, 0.15) is 5.82 Å². The largest absolute Gasteiger partial charge is 0.320 e. The quantitative estimate of drug-likeness (QED) is 0.829. The van der Waals surface area contributed by atoms with Crippen LogP contribution in [0, 0.1) is 17.7 Å². The van der Waals surface area contributed by atoms with Gasteiger partial charge in [-0.2, -0.15) is 0 Å². The van der Waals surface area contributed by atoms with E-state index >= 15 is 0 Å². The lowest BCUT2D eigenvalue weighted by Crippen LogP contribution is -2.27. The lowest BCUT2D eigenvalue weighted by atomic mass is 10.1. The third-order valence-corrected chi connectivity index (χ3v) is 3.13. The Labute approximate surface area is 109 Å². The molecule has 2 nitrogen and oxygen atoms in total. The van der Waals surface area contributed by atoms with Gasteiger partial charge < -0.3 is 5.73 Å². The number of nitrogens with zero attached hydrogens (tertiary/aromatic N) is 1. The van der Waals surface area contributed by atoms with E-state index in [0.717, 1.165) is 18.5 Å². The van der Waals surface area contributed by atoms with E-state index in [0.29, 0.717) is 11.6 Å². The molecule has 98 valence electrons. The van der Waals surface area contributed by atoms with Gasteiger partial charge in [-0.15, -0.1) is 0 Å². The van der Waals surface area contributed by atoms with Gasteiger partial charge in [0.2, 0.25) is 0 Å². The van der Waals surface area contributed by atoms with E-state index < -0.39 is 0 Å². The first-order chi connectivity index (χ1) is 8.58. The first-order valence-electron chi connectivity index (χ1n) is 6.26. The van der Waals surface area contributed by atoms with Crippen LogP contribution in [0.5, 0.6) is 0 Å². The summed E-state index contributed by atoms with van der Waals surface area (Å²) in [6.07, 6.45) is 1.09. The van der Waals surface area contributed by atoms with Crippen molar-refractivity contribution in [3.8, 4) is 11.8 Å². The fourth-order valence-electron chi connectivity index (χ4n) is 1.67. The molecule has 0 aliphatic rings. The van der Waals surface area contributed by atoms with Gasteiger partial charge in [0.15, 0.2) is 0 Å². The predicted octanol–water partition coefficient (Wildman–Crippen LogP) is 2.37. The van der Waals surface area contributed by atoms with Crippen LogP contribution in [-0.4, -0.2) is 24.5 Å². The molecule has 0 radical (unpaired) electrons. The molecule has 0 aromatic heterocycles. The normalized spacial score (nSPS) is 12.1. The zero-order valence-corrected chi connectivity index (χ0v) is 11.3. The van der Waals surface area contributed by atoms with Crippen LogP contribution < -0.4 is 5.73 Å². The van der Waals surface area contributed by atoms with Crippen molar-refractivity contribution in [2.45, 2.75) is 32.9 Å². The summed E-state index contributed by atoms with van der Waals surface area (Å²) in [4.78, 5) is 2.24. The van der Waals surface area contributed by atoms with Crippen LogP contribution in [0.1, 0.15) is 31.4 Å². The molecule has 0 bridgehead atoms. The van der Waals surface area contributed by atoms with Crippen LogP contribution in [0.15, 0.2) is 18.2 Å². The van der Waals surface area contributed by atoms with Crippen molar-refractivity contribution >= 4 is 0 Å². The molecule has 0 spiro atoms. The topological polar surface area (TPSA) is 29.3 Å². The maximum Gasteiger partial charge on any atom is 0.138 e. The number of halogens is 1. The lowest BCUT2D eigenvalue weighted by molar-refractivity contribution is 0.244. The van der Waals surface area contributed by atoms with Crippen molar-refractivity contribution in [3.05, 3.63) is 35.1 Å². The molecular weight excluding hydrogens is 227 g/mol. The van der Waals surface area contributed by atoms with E-state index in [1.165, 1.54) is 6.07 Å². The number of hydrogen-bond acceptors (Lipinski definition) is 2. The van der Waals surface area contributed by atoms with Crippen molar-refractivity contribution in [2.75, 3.05) is 13.6 Å². The van der Waals surface area contributed by atoms with Crippen molar-refractivity contribution in [1.82, 2.24) is 4.90 Å². The Morgan fingerprint density at radius 1 is 1.44 bits per heavy atom. The van der Waals surface area contributed by atoms with Gasteiger partial charge in [-0.05, 0) is 38.1 Å². The summed E-state index contributed by atoms with van der Waals surface area (Å²) in [5.41, 5.74) is 6.79. The van der Waals surface area contributed by atoms with Gasteiger partial charge in [-0.3, -0.25) is 4.90 Å². The smallest absolute Gasteiger partial charge is 0.138 e. The van der Waals surface area contributed by atoms with Crippen LogP contribution >= 0.6 is 0 Å². The first-order valence-corrected chi connectivity index (χ1v) is 6.26. The van der Waals surface area contributed by atoms with Gasteiger partial charge in [-0.1, -0.05) is 24.8 Å². The van der Waals surface area contributed by atoms with Crippen molar-refractivity contribution in [3.63, 3.8) is 0 Å². The lowest BCUT2D eigenvalue weighted by Gasteiger charge is -2.23. The maximum absolute atomic E-state index is 13.5. The molecule has 0 amide bonds. The molecule has 0 aliphatic heterocycles.